The minimum atomic E-state index is -4.98. The number of esters is 1. The molecule has 0 amide bonds. The first-order valence-corrected chi connectivity index (χ1v) is 9.83. The van der Waals surface area contributed by atoms with Crippen LogP contribution in [0.25, 0.3) is 0 Å². The minimum absolute atomic E-state index is 0.0198. The lowest BCUT2D eigenvalue weighted by molar-refractivity contribution is -0.279. The van der Waals surface area contributed by atoms with Crippen LogP contribution >= 0.6 is 0 Å². The summed E-state index contributed by atoms with van der Waals surface area (Å²) in [6.07, 6.45) is -1.08. The van der Waals surface area contributed by atoms with E-state index >= 15 is 0 Å². The maximum Gasteiger partial charge on any atom is 0.432 e. The van der Waals surface area contributed by atoms with E-state index in [0.717, 1.165) is 39.2 Å². The molecule has 0 aliphatic heterocycles. The van der Waals surface area contributed by atoms with Crippen LogP contribution < -0.4 is 0 Å². The summed E-state index contributed by atoms with van der Waals surface area (Å²) in [5, 5.41) is 0. The third kappa shape index (κ3) is 4.32. The van der Waals surface area contributed by atoms with Crippen molar-refractivity contribution in [1.29, 1.82) is 0 Å². The Morgan fingerprint density at radius 3 is 2.00 bits per heavy atom. The number of ether oxygens (including phenoxy) is 2. The number of halogens is 3. The van der Waals surface area contributed by atoms with Crippen molar-refractivity contribution in [1.82, 2.24) is 0 Å². The largest absolute Gasteiger partial charge is 0.455 e. The van der Waals surface area contributed by atoms with Gasteiger partial charge in [-0.15, -0.1) is 0 Å². The highest BCUT2D eigenvalue weighted by molar-refractivity contribution is 5.83. The Morgan fingerprint density at radius 2 is 1.48 bits per heavy atom. The molecule has 29 heavy (non-hydrogen) atoms. The van der Waals surface area contributed by atoms with Gasteiger partial charge in [-0.3, -0.25) is 0 Å². The van der Waals surface area contributed by atoms with E-state index in [2.05, 4.69) is 0 Å². The molecule has 0 heterocycles. The van der Waals surface area contributed by atoms with E-state index in [1.54, 1.807) is 30.3 Å². The molecule has 1 aliphatic carbocycles. The number of carbonyl (C=O) groups excluding carboxylic acids is 1. The van der Waals surface area contributed by atoms with Crippen LogP contribution in [0.2, 0.25) is 0 Å². The van der Waals surface area contributed by atoms with Gasteiger partial charge in [0.25, 0.3) is 5.60 Å². The Kier molecular flexibility index (Phi) is 6.63. The van der Waals surface area contributed by atoms with E-state index in [0.29, 0.717) is 5.56 Å². The van der Waals surface area contributed by atoms with E-state index in [1.165, 1.54) is 24.3 Å². The van der Waals surface area contributed by atoms with Crippen molar-refractivity contribution in [3.63, 3.8) is 0 Å². The quantitative estimate of drug-likeness (QED) is 0.556. The lowest BCUT2D eigenvalue weighted by Crippen LogP contribution is -2.52. The normalized spacial score (nSPS) is 18.6. The molecule has 1 fully saturated rings. The second-order valence-corrected chi connectivity index (χ2v) is 7.38. The summed E-state index contributed by atoms with van der Waals surface area (Å²) in [6, 6.07) is 15.9. The predicted octanol–water partition coefficient (Wildman–Crippen LogP) is 5.96. The van der Waals surface area contributed by atoms with E-state index in [1.807, 2.05) is 6.07 Å². The fourth-order valence-corrected chi connectivity index (χ4v) is 4.10. The maximum absolute atomic E-state index is 14.2. The molecular weight excluding hydrogens is 381 g/mol. The molecule has 0 spiro atoms. The molecule has 1 saturated carbocycles. The number of methoxy groups -OCH3 is 1. The highest BCUT2D eigenvalue weighted by Gasteiger charge is 2.64. The van der Waals surface area contributed by atoms with Crippen molar-refractivity contribution in [2.45, 2.75) is 50.0 Å². The summed E-state index contributed by atoms with van der Waals surface area (Å²) < 4.78 is 53.0. The van der Waals surface area contributed by atoms with Gasteiger partial charge in [-0.05, 0) is 18.4 Å². The second-order valence-electron chi connectivity index (χ2n) is 7.38. The summed E-state index contributed by atoms with van der Waals surface area (Å²) in [7, 11) is 0.889. The summed E-state index contributed by atoms with van der Waals surface area (Å²) >= 11 is 0. The minimum Gasteiger partial charge on any atom is -0.455 e. The van der Waals surface area contributed by atoms with Gasteiger partial charge in [-0.1, -0.05) is 79.9 Å². The smallest absolute Gasteiger partial charge is 0.432 e. The van der Waals surface area contributed by atoms with Crippen LogP contribution in [0.4, 0.5) is 13.2 Å². The van der Waals surface area contributed by atoms with Crippen molar-refractivity contribution >= 4 is 5.97 Å². The Labute approximate surface area is 168 Å². The standard InChI is InChI=1S/C23H25F3O3/c1-28-22(23(24,25)26,19-15-9-4-10-16-19)21(27)29-20(17-11-5-2-6-12-17)18-13-7-3-8-14-18/h2,4-6,9-12,15-16,18,20H,3,7-8,13-14H2,1H3/t20?,22-/m1/s1. The topological polar surface area (TPSA) is 35.5 Å². The fourth-order valence-electron chi connectivity index (χ4n) is 4.10. The van der Waals surface area contributed by atoms with Crippen LogP contribution in [0.3, 0.4) is 0 Å². The van der Waals surface area contributed by atoms with Crippen LogP contribution in [-0.2, 0) is 19.9 Å². The van der Waals surface area contributed by atoms with Crippen LogP contribution in [0.15, 0.2) is 60.7 Å². The Bertz CT molecular complexity index is 786. The Balaban J connectivity index is 1.99. The van der Waals surface area contributed by atoms with E-state index < -0.39 is 23.9 Å². The lowest BCUT2D eigenvalue weighted by atomic mass is 9.82. The van der Waals surface area contributed by atoms with Crippen molar-refractivity contribution in [3.05, 3.63) is 71.8 Å². The molecule has 0 aromatic heterocycles. The van der Waals surface area contributed by atoms with Crippen LogP contribution in [-0.4, -0.2) is 19.3 Å². The van der Waals surface area contributed by atoms with Crippen molar-refractivity contribution in [2.75, 3.05) is 7.11 Å². The lowest BCUT2D eigenvalue weighted by Gasteiger charge is -2.36. The zero-order valence-corrected chi connectivity index (χ0v) is 16.3. The van der Waals surface area contributed by atoms with Crippen molar-refractivity contribution in [3.8, 4) is 0 Å². The predicted molar refractivity (Wildman–Crippen MR) is 103 cm³/mol. The molecular formula is C23H25F3O3. The third-order valence-corrected chi connectivity index (χ3v) is 5.61. The summed E-state index contributed by atoms with van der Waals surface area (Å²) in [4.78, 5) is 13.1. The van der Waals surface area contributed by atoms with Gasteiger partial charge < -0.3 is 9.47 Å². The zero-order chi connectivity index (χ0) is 20.9. The molecule has 0 bridgehead atoms. The summed E-state index contributed by atoms with van der Waals surface area (Å²) in [6.45, 7) is 0. The molecule has 3 nitrogen and oxygen atoms in total. The molecule has 1 unspecified atom stereocenters. The average molecular weight is 406 g/mol. The number of rotatable bonds is 6. The van der Waals surface area contributed by atoms with Crippen molar-refractivity contribution < 1.29 is 27.4 Å². The molecule has 2 aromatic carbocycles. The maximum atomic E-state index is 14.2. The van der Waals surface area contributed by atoms with E-state index in [4.69, 9.17) is 9.47 Å². The van der Waals surface area contributed by atoms with Crippen LogP contribution in [0, 0.1) is 5.92 Å². The van der Waals surface area contributed by atoms with Gasteiger partial charge in [-0.2, -0.15) is 13.2 Å². The molecule has 2 aromatic rings. The van der Waals surface area contributed by atoms with E-state index in [-0.39, 0.29) is 11.5 Å². The van der Waals surface area contributed by atoms with Gasteiger partial charge in [0.15, 0.2) is 0 Å². The molecule has 2 atom stereocenters. The number of hydrogen-bond donors (Lipinski definition) is 0. The van der Waals surface area contributed by atoms with Gasteiger partial charge in [0.1, 0.15) is 6.10 Å². The zero-order valence-electron chi connectivity index (χ0n) is 16.3. The molecule has 0 saturated heterocycles. The molecule has 156 valence electrons. The highest BCUT2D eigenvalue weighted by atomic mass is 19.4. The summed E-state index contributed by atoms with van der Waals surface area (Å²) in [5.41, 5.74) is -2.76. The van der Waals surface area contributed by atoms with E-state index in [9.17, 15) is 18.0 Å². The number of hydrogen-bond acceptors (Lipinski definition) is 3. The second kappa shape index (κ2) is 8.99. The SMILES string of the molecule is CO[C@@](C(=O)OC(c1ccccc1)C1CCCCC1)(c1ccccc1)C(F)(F)F. The monoisotopic (exact) mass is 406 g/mol. The van der Waals surface area contributed by atoms with Gasteiger partial charge in [-0.25, -0.2) is 4.79 Å². The van der Waals surface area contributed by atoms with Crippen LogP contribution in [0.5, 0.6) is 0 Å². The molecule has 1 aliphatic rings. The fraction of sp³-hybridized carbons (Fsp3) is 0.435. The molecule has 6 heteroatoms. The summed E-state index contributed by atoms with van der Waals surface area (Å²) in [5.74, 6) is -1.45. The number of carbonyl (C=O) groups is 1. The third-order valence-electron chi connectivity index (χ3n) is 5.61. The molecule has 0 N–H and O–H groups in total. The Morgan fingerprint density at radius 1 is 0.931 bits per heavy atom. The van der Waals surface area contributed by atoms with Gasteiger partial charge >= 0.3 is 12.1 Å². The van der Waals surface area contributed by atoms with Gasteiger partial charge in [0.2, 0.25) is 0 Å². The average Bonchev–Trinajstić information content (AvgIpc) is 2.74. The highest BCUT2D eigenvalue weighted by Crippen LogP contribution is 2.45. The van der Waals surface area contributed by atoms with Crippen LogP contribution in [0.1, 0.15) is 49.3 Å². The first-order valence-electron chi connectivity index (χ1n) is 9.83. The van der Waals surface area contributed by atoms with Crippen molar-refractivity contribution in [2.24, 2.45) is 5.92 Å². The first-order chi connectivity index (χ1) is 13.9. The molecule has 3 rings (SSSR count). The number of benzene rings is 2. The van der Waals surface area contributed by atoms with Gasteiger partial charge in [0.05, 0.1) is 0 Å². The number of alkyl halides is 3. The molecule has 0 radical (unpaired) electrons. The Hall–Kier alpha value is -2.34. The van der Waals surface area contributed by atoms with Gasteiger partial charge in [0, 0.05) is 18.6 Å². The first kappa shape index (κ1) is 21.4.